The summed E-state index contributed by atoms with van der Waals surface area (Å²) in [4.78, 5) is 7.32. The largest absolute Gasteiger partial charge is 0.316 e. The molecule has 3 rings (SSSR count). The molecular weight excluding hydrogens is 314 g/mol. The molecule has 3 nitrogen and oxygen atoms in total. The second-order valence-corrected chi connectivity index (χ2v) is 6.73. The van der Waals surface area contributed by atoms with Gasteiger partial charge in [-0.25, -0.2) is 4.98 Å². The average Bonchev–Trinajstić information content (AvgIpc) is 2.96. The van der Waals surface area contributed by atoms with Gasteiger partial charge in [0, 0.05) is 30.1 Å². The molecule has 0 aliphatic carbocycles. The van der Waals surface area contributed by atoms with Crippen LogP contribution in [0.3, 0.4) is 0 Å². The van der Waals surface area contributed by atoms with Gasteiger partial charge in [-0.3, -0.25) is 4.90 Å². The minimum atomic E-state index is 0. The molecule has 1 aromatic carbocycles. The van der Waals surface area contributed by atoms with Crippen molar-refractivity contribution in [3.63, 3.8) is 0 Å². The Morgan fingerprint density at radius 3 is 2.82 bits per heavy atom. The lowest BCUT2D eigenvalue weighted by molar-refractivity contribution is 0.186. The van der Waals surface area contributed by atoms with Crippen LogP contribution < -0.4 is 5.32 Å². The maximum atomic E-state index is 4.81. The summed E-state index contributed by atoms with van der Waals surface area (Å²) in [5.74, 6) is 0. The second-order valence-electron chi connectivity index (χ2n) is 5.87. The molecule has 1 aliphatic heterocycles. The summed E-state index contributed by atoms with van der Waals surface area (Å²) in [5.41, 5.74) is 3.72. The molecule has 2 heterocycles. The SMILES string of the molecule is CNC1CCCN(Cc2csc(-c3ccc(C)cc3)n2)C1.Cl. The number of piperidine rings is 1. The highest BCUT2D eigenvalue weighted by molar-refractivity contribution is 7.13. The molecule has 0 saturated carbocycles. The summed E-state index contributed by atoms with van der Waals surface area (Å²) >= 11 is 1.75. The van der Waals surface area contributed by atoms with Crippen LogP contribution in [0.25, 0.3) is 10.6 Å². The van der Waals surface area contributed by atoms with Crippen molar-refractivity contribution in [3.8, 4) is 10.6 Å². The third-order valence-electron chi connectivity index (χ3n) is 4.15. The van der Waals surface area contributed by atoms with Crippen molar-refractivity contribution < 1.29 is 0 Å². The van der Waals surface area contributed by atoms with Crippen LogP contribution in [0.2, 0.25) is 0 Å². The highest BCUT2D eigenvalue weighted by Crippen LogP contribution is 2.25. The lowest BCUT2D eigenvalue weighted by atomic mass is 10.1. The topological polar surface area (TPSA) is 28.2 Å². The second kappa shape index (κ2) is 8.06. The highest BCUT2D eigenvalue weighted by atomic mass is 35.5. The quantitative estimate of drug-likeness (QED) is 0.921. The average molecular weight is 338 g/mol. The van der Waals surface area contributed by atoms with Crippen molar-refractivity contribution in [1.29, 1.82) is 0 Å². The Hall–Kier alpha value is -0.940. The van der Waals surface area contributed by atoms with Crippen LogP contribution in [0.5, 0.6) is 0 Å². The number of nitrogens with zero attached hydrogens (tertiary/aromatic N) is 2. The molecule has 5 heteroatoms. The zero-order chi connectivity index (χ0) is 14.7. The van der Waals surface area contributed by atoms with Crippen LogP contribution in [0, 0.1) is 6.92 Å². The molecule has 1 atom stereocenters. The summed E-state index contributed by atoms with van der Waals surface area (Å²) < 4.78 is 0. The number of hydrogen-bond acceptors (Lipinski definition) is 4. The van der Waals surface area contributed by atoms with Gasteiger partial charge in [0.1, 0.15) is 5.01 Å². The van der Waals surface area contributed by atoms with Gasteiger partial charge in [-0.2, -0.15) is 0 Å². The number of hydrogen-bond donors (Lipinski definition) is 1. The van der Waals surface area contributed by atoms with Crippen LogP contribution in [-0.2, 0) is 6.54 Å². The van der Waals surface area contributed by atoms with Crippen molar-refractivity contribution in [2.75, 3.05) is 20.1 Å². The molecule has 0 amide bonds. The van der Waals surface area contributed by atoms with E-state index in [1.165, 1.54) is 36.2 Å². The number of likely N-dealkylation sites (tertiary alicyclic amines) is 1. The molecule has 0 radical (unpaired) electrons. The van der Waals surface area contributed by atoms with Crippen molar-refractivity contribution in [2.24, 2.45) is 0 Å². The molecule has 1 unspecified atom stereocenters. The summed E-state index contributed by atoms with van der Waals surface area (Å²) in [7, 11) is 2.06. The molecule has 1 aliphatic rings. The Morgan fingerprint density at radius 1 is 1.32 bits per heavy atom. The maximum Gasteiger partial charge on any atom is 0.123 e. The highest BCUT2D eigenvalue weighted by Gasteiger charge is 2.19. The zero-order valence-corrected chi connectivity index (χ0v) is 14.8. The van der Waals surface area contributed by atoms with Crippen molar-refractivity contribution in [1.82, 2.24) is 15.2 Å². The fourth-order valence-electron chi connectivity index (χ4n) is 2.87. The molecule has 2 aromatic rings. The van der Waals surface area contributed by atoms with E-state index in [1.54, 1.807) is 11.3 Å². The van der Waals surface area contributed by atoms with Crippen LogP contribution >= 0.6 is 23.7 Å². The van der Waals surface area contributed by atoms with Gasteiger partial charge in [-0.05, 0) is 33.4 Å². The third kappa shape index (κ3) is 4.29. The maximum absolute atomic E-state index is 4.81. The monoisotopic (exact) mass is 337 g/mol. The van der Waals surface area contributed by atoms with Gasteiger partial charge in [-0.1, -0.05) is 29.8 Å². The molecule has 1 aromatic heterocycles. The van der Waals surface area contributed by atoms with Crippen LogP contribution in [0.4, 0.5) is 0 Å². The number of aromatic nitrogens is 1. The number of likely N-dealkylation sites (N-methyl/N-ethyl adjacent to an activating group) is 1. The summed E-state index contributed by atoms with van der Waals surface area (Å²) in [6.45, 7) is 5.41. The molecule has 1 N–H and O–H groups in total. The Kier molecular flexibility index (Phi) is 6.38. The first-order valence-electron chi connectivity index (χ1n) is 7.65. The predicted molar refractivity (Wildman–Crippen MR) is 96.9 cm³/mol. The Balaban J connectivity index is 0.00000176. The molecule has 0 bridgehead atoms. The van der Waals surface area contributed by atoms with Gasteiger partial charge >= 0.3 is 0 Å². The smallest absolute Gasteiger partial charge is 0.123 e. The molecular formula is C17H24ClN3S. The molecule has 0 spiro atoms. The third-order valence-corrected chi connectivity index (χ3v) is 5.09. The van der Waals surface area contributed by atoms with E-state index in [0.717, 1.165) is 18.1 Å². The zero-order valence-electron chi connectivity index (χ0n) is 13.2. The summed E-state index contributed by atoms with van der Waals surface area (Å²) in [5, 5.41) is 6.73. The fraction of sp³-hybridized carbons (Fsp3) is 0.471. The number of benzene rings is 1. The van der Waals surface area contributed by atoms with E-state index < -0.39 is 0 Å². The Morgan fingerprint density at radius 2 is 2.09 bits per heavy atom. The molecule has 1 saturated heterocycles. The minimum Gasteiger partial charge on any atom is -0.316 e. The van der Waals surface area contributed by atoms with E-state index in [0.29, 0.717) is 6.04 Å². The van der Waals surface area contributed by atoms with E-state index in [9.17, 15) is 0 Å². The van der Waals surface area contributed by atoms with Crippen molar-refractivity contribution in [3.05, 3.63) is 40.9 Å². The Labute approximate surface area is 143 Å². The fourth-order valence-corrected chi connectivity index (χ4v) is 3.69. The number of halogens is 1. The number of aryl methyl sites for hydroxylation is 1. The van der Waals surface area contributed by atoms with E-state index in [2.05, 4.69) is 53.8 Å². The van der Waals surface area contributed by atoms with E-state index >= 15 is 0 Å². The van der Waals surface area contributed by atoms with Crippen molar-refractivity contribution in [2.45, 2.75) is 32.4 Å². The molecule has 22 heavy (non-hydrogen) atoms. The minimum absolute atomic E-state index is 0. The van der Waals surface area contributed by atoms with Gasteiger partial charge in [0.05, 0.1) is 5.69 Å². The summed E-state index contributed by atoms with van der Waals surface area (Å²) in [6, 6.07) is 9.26. The van der Waals surface area contributed by atoms with Gasteiger partial charge in [0.15, 0.2) is 0 Å². The molecule has 1 fully saturated rings. The van der Waals surface area contributed by atoms with Crippen LogP contribution in [0.15, 0.2) is 29.6 Å². The van der Waals surface area contributed by atoms with Gasteiger partial charge in [-0.15, -0.1) is 23.7 Å². The van der Waals surface area contributed by atoms with Crippen LogP contribution in [-0.4, -0.2) is 36.1 Å². The normalized spacial score (nSPS) is 18.9. The van der Waals surface area contributed by atoms with Gasteiger partial charge in [0.2, 0.25) is 0 Å². The number of rotatable bonds is 4. The van der Waals surface area contributed by atoms with E-state index in [1.807, 2.05) is 0 Å². The number of nitrogens with one attached hydrogen (secondary N) is 1. The van der Waals surface area contributed by atoms with Crippen molar-refractivity contribution >= 4 is 23.7 Å². The van der Waals surface area contributed by atoms with E-state index in [-0.39, 0.29) is 12.4 Å². The number of thiazole rings is 1. The van der Waals surface area contributed by atoms with Gasteiger partial charge in [0.25, 0.3) is 0 Å². The first kappa shape index (κ1) is 17.4. The van der Waals surface area contributed by atoms with Gasteiger partial charge < -0.3 is 5.32 Å². The van der Waals surface area contributed by atoms with E-state index in [4.69, 9.17) is 4.98 Å². The lowest BCUT2D eigenvalue weighted by Crippen LogP contribution is -2.43. The first-order chi connectivity index (χ1) is 10.2. The summed E-state index contributed by atoms with van der Waals surface area (Å²) in [6.07, 6.45) is 2.57. The lowest BCUT2D eigenvalue weighted by Gasteiger charge is -2.31. The van der Waals surface area contributed by atoms with Crippen LogP contribution in [0.1, 0.15) is 24.1 Å². The first-order valence-corrected chi connectivity index (χ1v) is 8.53. The molecule has 120 valence electrons. The standard InChI is InChI=1S/C17H23N3S.ClH/c1-13-5-7-14(8-6-13)17-19-16(12-21-17)11-20-9-3-4-15(10-20)18-2;/h5-8,12,15,18H,3-4,9-11H2,1-2H3;1H. The predicted octanol–water partition coefficient (Wildman–Crippen LogP) is 3.72. The Bertz CT molecular complexity index is 582.